The molecule has 2 aromatic heterocycles. The third kappa shape index (κ3) is 3.72. The van der Waals surface area contributed by atoms with Gasteiger partial charge in [0.25, 0.3) is 0 Å². The fourth-order valence-corrected chi connectivity index (χ4v) is 3.27. The predicted molar refractivity (Wildman–Crippen MR) is 116 cm³/mol. The highest BCUT2D eigenvalue weighted by Crippen LogP contribution is 2.31. The Balaban J connectivity index is 1.76. The molecular formula is C21H18ClN7O. The molecule has 0 unspecified atom stereocenters. The minimum atomic E-state index is -0.123. The second-order valence-electron chi connectivity index (χ2n) is 6.71. The Hall–Kier alpha value is -3.78. The van der Waals surface area contributed by atoms with Crippen LogP contribution in [0, 0.1) is 6.92 Å². The molecule has 30 heavy (non-hydrogen) atoms. The smallest absolute Gasteiger partial charge is 0.221 e. The van der Waals surface area contributed by atoms with Crippen molar-refractivity contribution < 1.29 is 4.79 Å². The minimum absolute atomic E-state index is 0.123. The van der Waals surface area contributed by atoms with E-state index in [-0.39, 0.29) is 5.91 Å². The van der Waals surface area contributed by atoms with E-state index in [4.69, 9.17) is 17.3 Å². The van der Waals surface area contributed by atoms with Gasteiger partial charge in [-0.3, -0.25) is 4.79 Å². The van der Waals surface area contributed by atoms with Crippen LogP contribution >= 0.6 is 11.6 Å². The Kier molecular flexibility index (Phi) is 5.16. The van der Waals surface area contributed by atoms with Crippen LogP contribution in [0.4, 0.5) is 11.5 Å². The molecule has 0 radical (unpaired) electrons. The molecule has 0 atom stereocenters. The predicted octanol–water partition coefficient (Wildman–Crippen LogP) is 3.89. The normalized spacial score (nSPS) is 10.8. The van der Waals surface area contributed by atoms with Crippen molar-refractivity contribution in [1.29, 1.82) is 0 Å². The zero-order chi connectivity index (χ0) is 21.3. The second kappa shape index (κ2) is 7.92. The number of nitrogens with one attached hydrogen (secondary N) is 1. The van der Waals surface area contributed by atoms with E-state index in [0.29, 0.717) is 22.2 Å². The summed E-state index contributed by atoms with van der Waals surface area (Å²) in [6.45, 7) is 3.37. The number of rotatable bonds is 4. The maximum atomic E-state index is 11.2. The maximum absolute atomic E-state index is 11.2. The molecule has 9 heteroatoms. The molecular weight excluding hydrogens is 402 g/mol. The number of hydrogen-bond donors (Lipinski definition) is 2. The Bertz CT molecular complexity index is 1230. The first kappa shape index (κ1) is 19.5. The monoisotopic (exact) mass is 419 g/mol. The number of carbonyl (C=O) groups excluding carboxylic acids is 1. The molecule has 8 nitrogen and oxygen atoms in total. The van der Waals surface area contributed by atoms with Crippen LogP contribution in [0.3, 0.4) is 0 Å². The van der Waals surface area contributed by atoms with E-state index in [1.807, 2.05) is 55.5 Å². The first-order valence-electron chi connectivity index (χ1n) is 9.12. The van der Waals surface area contributed by atoms with Crippen LogP contribution in [-0.4, -0.2) is 31.1 Å². The van der Waals surface area contributed by atoms with Crippen LogP contribution in [0.25, 0.3) is 28.2 Å². The fourth-order valence-electron chi connectivity index (χ4n) is 3.10. The van der Waals surface area contributed by atoms with E-state index in [2.05, 4.69) is 25.8 Å². The summed E-state index contributed by atoms with van der Waals surface area (Å²) in [5, 5.41) is 15.5. The number of carbonyl (C=O) groups is 1. The number of benzene rings is 2. The molecule has 0 fully saturated rings. The number of nitrogen functional groups attached to an aromatic ring is 1. The largest absolute Gasteiger partial charge is 0.383 e. The first-order valence-corrected chi connectivity index (χ1v) is 9.49. The number of nitrogens with two attached hydrogens (primary N) is 1. The van der Waals surface area contributed by atoms with E-state index in [0.717, 1.165) is 28.1 Å². The van der Waals surface area contributed by atoms with Crippen LogP contribution in [0.2, 0.25) is 5.02 Å². The van der Waals surface area contributed by atoms with Gasteiger partial charge in [-0.1, -0.05) is 29.8 Å². The van der Waals surface area contributed by atoms with Crippen LogP contribution in [0.1, 0.15) is 12.5 Å². The number of aromatic nitrogens is 5. The lowest BCUT2D eigenvalue weighted by atomic mass is 10.0. The number of nitrogens with zero attached hydrogens (tertiary/aromatic N) is 5. The zero-order valence-electron chi connectivity index (χ0n) is 16.3. The Labute approximate surface area is 177 Å². The van der Waals surface area contributed by atoms with Crippen molar-refractivity contribution in [3.05, 3.63) is 65.3 Å². The van der Waals surface area contributed by atoms with E-state index in [1.54, 1.807) is 10.9 Å². The van der Waals surface area contributed by atoms with Crippen molar-refractivity contribution in [3.8, 4) is 28.2 Å². The molecule has 0 aliphatic rings. The molecule has 2 heterocycles. The SMILES string of the molecule is CC(=O)Nc1ccc(-c2cnc(N)c(-c3nnnn3-c3cccc(Cl)c3C)c2)cc1. The summed E-state index contributed by atoms with van der Waals surface area (Å²) in [7, 11) is 0. The third-order valence-electron chi connectivity index (χ3n) is 4.63. The van der Waals surface area contributed by atoms with E-state index >= 15 is 0 Å². The average Bonchev–Trinajstić information content (AvgIpc) is 3.20. The lowest BCUT2D eigenvalue weighted by Crippen LogP contribution is -2.05. The lowest BCUT2D eigenvalue weighted by Gasteiger charge is -2.11. The van der Waals surface area contributed by atoms with Crippen LogP contribution in [0.5, 0.6) is 0 Å². The molecule has 0 saturated heterocycles. The van der Waals surface area contributed by atoms with Gasteiger partial charge in [0.2, 0.25) is 5.91 Å². The highest BCUT2D eigenvalue weighted by atomic mass is 35.5. The van der Waals surface area contributed by atoms with Crippen LogP contribution < -0.4 is 11.1 Å². The van der Waals surface area contributed by atoms with Gasteiger partial charge in [-0.2, -0.15) is 4.68 Å². The van der Waals surface area contributed by atoms with Gasteiger partial charge >= 0.3 is 0 Å². The topological polar surface area (TPSA) is 112 Å². The Morgan fingerprint density at radius 3 is 2.63 bits per heavy atom. The second-order valence-corrected chi connectivity index (χ2v) is 7.12. The molecule has 3 N–H and O–H groups in total. The van der Waals surface area contributed by atoms with Gasteiger partial charge in [-0.05, 0) is 58.8 Å². The molecule has 1 amide bonds. The highest BCUT2D eigenvalue weighted by Gasteiger charge is 2.17. The summed E-state index contributed by atoms with van der Waals surface area (Å²) < 4.78 is 1.60. The molecule has 0 saturated carbocycles. The van der Waals surface area contributed by atoms with Gasteiger partial charge in [0, 0.05) is 29.4 Å². The van der Waals surface area contributed by atoms with Gasteiger partial charge in [-0.15, -0.1) is 5.10 Å². The number of amides is 1. The van der Waals surface area contributed by atoms with Crippen molar-refractivity contribution in [2.24, 2.45) is 0 Å². The number of anilines is 2. The van der Waals surface area contributed by atoms with Crippen molar-refractivity contribution in [2.45, 2.75) is 13.8 Å². The Morgan fingerprint density at radius 1 is 1.13 bits per heavy atom. The van der Waals surface area contributed by atoms with Crippen LogP contribution in [-0.2, 0) is 4.79 Å². The van der Waals surface area contributed by atoms with Gasteiger partial charge in [-0.25, -0.2) is 4.98 Å². The number of tetrazole rings is 1. The molecule has 4 rings (SSSR count). The molecule has 2 aromatic carbocycles. The molecule has 0 aliphatic heterocycles. The average molecular weight is 420 g/mol. The fraction of sp³-hybridized carbons (Fsp3) is 0.0952. The standard InChI is InChI=1S/C21H18ClN7O/c1-12-18(22)4-3-5-19(12)29-21(26-27-28-29)17-10-15(11-24-20(17)23)14-6-8-16(9-7-14)25-13(2)30/h3-11H,1-2H3,(H2,23,24)(H,25,30). The summed E-state index contributed by atoms with van der Waals surface area (Å²) >= 11 is 6.26. The van der Waals surface area contributed by atoms with Gasteiger partial charge < -0.3 is 11.1 Å². The zero-order valence-corrected chi connectivity index (χ0v) is 17.1. The first-order chi connectivity index (χ1) is 14.4. The summed E-state index contributed by atoms with van der Waals surface area (Å²) in [5.74, 6) is 0.647. The quantitative estimate of drug-likeness (QED) is 0.519. The van der Waals surface area contributed by atoms with Crippen molar-refractivity contribution in [3.63, 3.8) is 0 Å². The van der Waals surface area contributed by atoms with Crippen molar-refractivity contribution in [2.75, 3.05) is 11.1 Å². The lowest BCUT2D eigenvalue weighted by molar-refractivity contribution is -0.114. The maximum Gasteiger partial charge on any atom is 0.221 e. The molecule has 0 bridgehead atoms. The summed E-state index contributed by atoms with van der Waals surface area (Å²) in [6.07, 6.45) is 1.69. The van der Waals surface area contributed by atoms with E-state index in [9.17, 15) is 4.79 Å². The van der Waals surface area contributed by atoms with Gasteiger partial charge in [0.05, 0.1) is 11.3 Å². The third-order valence-corrected chi connectivity index (χ3v) is 5.04. The number of pyridine rings is 1. The van der Waals surface area contributed by atoms with Gasteiger partial charge in [0.1, 0.15) is 5.82 Å². The number of halogens is 1. The number of hydrogen-bond acceptors (Lipinski definition) is 6. The molecule has 0 spiro atoms. The summed E-state index contributed by atoms with van der Waals surface area (Å²) in [6, 6.07) is 14.9. The Morgan fingerprint density at radius 2 is 1.90 bits per heavy atom. The molecule has 4 aromatic rings. The summed E-state index contributed by atoms with van der Waals surface area (Å²) in [5.41, 5.74) is 10.8. The van der Waals surface area contributed by atoms with Crippen molar-refractivity contribution >= 4 is 29.0 Å². The van der Waals surface area contributed by atoms with E-state index < -0.39 is 0 Å². The minimum Gasteiger partial charge on any atom is -0.383 e. The van der Waals surface area contributed by atoms with Crippen LogP contribution in [0.15, 0.2) is 54.7 Å². The molecule has 0 aliphatic carbocycles. The summed E-state index contributed by atoms with van der Waals surface area (Å²) in [4.78, 5) is 15.5. The van der Waals surface area contributed by atoms with E-state index in [1.165, 1.54) is 6.92 Å². The highest BCUT2D eigenvalue weighted by molar-refractivity contribution is 6.31. The van der Waals surface area contributed by atoms with Gasteiger partial charge in [0.15, 0.2) is 5.82 Å². The molecule has 150 valence electrons. The van der Waals surface area contributed by atoms with Crippen molar-refractivity contribution in [1.82, 2.24) is 25.2 Å².